The Labute approximate surface area is 123 Å². The number of likely N-dealkylation sites (N-methyl/N-ethyl adjacent to an activating group) is 1. The number of anilines is 1. The zero-order chi connectivity index (χ0) is 15.6. The lowest BCUT2D eigenvalue weighted by molar-refractivity contribution is -0.141. The van der Waals surface area contributed by atoms with E-state index < -0.39 is 11.9 Å². The van der Waals surface area contributed by atoms with Gasteiger partial charge in [-0.25, -0.2) is 0 Å². The highest BCUT2D eigenvalue weighted by Gasteiger charge is 2.30. The number of hydrogen-bond acceptors (Lipinski definition) is 3. The van der Waals surface area contributed by atoms with Crippen molar-refractivity contribution in [2.75, 3.05) is 25.0 Å². The highest BCUT2D eigenvalue weighted by atomic mass is 16.4. The van der Waals surface area contributed by atoms with Crippen molar-refractivity contribution < 1.29 is 19.5 Å². The first kappa shape index (κ1) is 15.0. The summed E-state index contributed by atoms with van der Waals surface area (Å²) < 4.78 is 0. The summed E-state index contributed by atoms with van der Waals surface area (Å²) in [5, 5.41) is 9.03. The van der Waals surface area contributed by atoms with E-state index in [0.29, 0.717) is 12.1 Å². The van der Waals surface area contributed by atoms with Gasteiger partial charge in [-0.05, 0) is 18.1 Å². The highest BCUT2D eigenvalue weighted by Crippen LogP contribution is 2.25. The molecule has 1 aromatic rings. The van der Waals surface area contributed by atoms with E-state index in [1.54, 1.807) is 38.2 Å². The molecular weight excluding hydrogens is 272 g/mol. The minimum absolute atomic E-state index is 0.00615. The number of benzene rings is 1. The number of para-hydroxylation sites is 1. The minimum atomic E-state index is -0.884. The van der Waals surface area contributed by atoms with E-state index >= 15 is 0 Å². The van der Waals surface area contributed by atoms with Crippen LogP contribution in [-0.2, 0) is 20.8 Å². The Morgan fingerprint density at radius 3 is 2.57 bits per heavy atom. The van der Waals surface area contributed by atoms with Crippen molar-refractivity contribution >= 4 is 23.5 Å². The fraction of sp³-hybridized carbons (Fsp3) is 0.400. The molecule has 1 unspecified atom stereocenters. The van der Waals surface area contributed by atoms with Crippen LogP contribution in [0.15, 0.2) is 24.3 Å². The van der Waals surface area contributed by atoms with Gasteiger partial charge in [0.2, 0.25) is 11.8 Å². The number of nitrogens with zero attached hydrogens (tertiary/aromatic N) is 2. The fourth-order valence-electron chi connectivity index (χ4n) is 2.30. The molecule has 6 nitrogen and oxygen atoms in total. The van der Waals surface area contributed by atoms with Crippen molar-refractivity contribution in [2.24, 2.45) is 5.92 Å². The van der Waals surface area contributed by atoms with Crippen LogP contribution in [0.3, 0.4) is 0 Å². The lowest BCUT2D eigenvalue weighted by atomic mass is 9.99. The summed E-state index contributed by atoms with van der Waals surface area (Å²) in [5.41, 5.74) is 1.38. The van der Waals surface area contributed by atoms with E-state index in [4.69, 9.17) is 5.11 Å². The molecule has 2 rings (SSSR count). The highest BCUT2D eigenvalue weighted by molar-refractivity contribution is 6.04. The van der Waals surface area contributed by atoms with E-state index in [-0.39, 0.29) is 24.9 Å². The Bertz CT molecular complexity index is 585. The van der Waals surface area contributed by atoms with Crippen molar-refractivity contribution in [2.45, 2.75) is 13.3 Å². The molecule has 2 amide bonds. The summed E-state index contributed by atoms with van der Waals surface area (Å²) >= 11 is 0. The zero-order valence-electron chi connectivity index (χ0n) is 12.1. The van der Waals surface area contributed by atoms with Gasteiger partial charge < -0.3 is 14.9 Å². The van der Waals surface area contributed by atoms with Crippen LogP contribution >= 0.6 is 0 Å². The third-order valence-electron chi connectivity index (χ3n) is 3.62. The number of hydrogen-bond donors (Lipinski definition) is 1. The molecule has 21 heavy (non-hydrogen) atoms. The molecule has 0 spiro atoms. The Hall–Kier alpha value is -2.37. The zero-order valence-corrected chi connectivity index (χ0v) is 12.1. The van der Waals surface area contributed by atoms with E-state index in [1.807, 2.05) is 0 Å². The Morgan fingerprint density at radius 1 is 1.24 bits per heavy atom. The molecule has 1 atom stereocenters. The number of carbonyl (C=O) groups is 3. The van der Waals surface area contributed by atoms with Crippen LogP contribution in [-0.4, -0.2) is 47.9 Å². The smallest absolute Gasteiger partial charge is 0.306 e. The van der Waals surface area contributed by atoms with Crippen LogP contribution in [0.5, 0.6) is 0 Å². The maximum absolute atomic E-state index is 12.1. The average molecular weight is 290 g/mol. The molecule has 1 saturated heterocycles. The number of rotatable bonds is 4. The molecule has 1 fully saturated rings. The monoisotopic (exact) mass is 290 g/mol. The van der Waals surface area contributed by atoms with Gasteiger partial charge in [0.25, 0.3) is 0 Å². The summed E-state index contributed by atoms with van der Waals surface area (Å²) in [6.45, 7) is 1.66. The largest absolute Gasteiger partial charge is 0.481 e. The van der Waals surface area contributed by atoms with E-state index in [2.05, 4.69) is 0 Å². The molecule has 1 N–H and O–H groups in total. The predicted octanol–water partition coefficient (Wildman–Crippen LogP) is 0.755. The third-order valence-corrected chi connectivity index (χ3v) is 3.62. The summed E-state index contributed by atoms with van der Waals surface area (Å²) in [7, 11) is 1.59. The van der Waals surface area contributed by atoms with Crippen LogP contribution in [0.2, 0.25) is 0 Å². The minimum Gasteiger partial charge on any atom is -0.481 e. The molecule has 0 radical (unpaired) electrons. The van der Waals surface area contributed by atoms with Gasteiger partial charge in [-0.15, -0.1) is 0 Å². The number of carboxylic acids is 1. The lowest BCUT2D eigenvalue weighted by Gasteiger charge is -2.33. The molecule has 1 aliphatic heterocycles. The first-order valence-corrected chi connectivity index (χ1v) is 6.75. The molecule has 1 aliphatic rings. The van der Waals surface area contributed by atoms with Gasteiger partial charge in [-0.2, -0.15) is 0 Å². The Balaban J connectivity index is 2.29. The number of carboxylic acid groups (broad SMARTS) is 1. The van der Waals surface area contributed by atoms with Crippen molar-refractivity contribution in [3.05, 3.63) is 29.8 Å². The molecule has 0 aliphatic carbocycles. The van der Waals surface area contributed by atoms with Crippen LogP contribution in [0.25, 0.3) is 0 Å². The lowest BCUT2D eigenvalue weighted by Crippen LogP contribution is -2.52. The normalized spacial score (nSPS) is 17.0. The van der Waals surface area contributed by atoms with Gasteiger partial charge in [-0.1, -0.05) is 25.1 Å². The van der Waals surface area contributed by atoms with Crippen LogP contribution in [0, 0.1) is 5.92 Å². The maximum Gasteiger partial charge on any atom is 0.306 e. The van der Waals surface area contributed by atoms with Gasteiger partial charge in [0, 0.05) is 12.7 Å². The van der Waals surface area contributed by atoms with Gasteiger partial charge >= 0.3 is 5.97 Å². The van der Waals surface area contributed by atoms with Crippen molar-refractivity contribution in [3.8, 4) is 0 Å². The third kappa shape index (κ3) is 3.21. The first-order chi connectivity index (χ1) is 9.90. The Kier molecular flexibility index (Phi) is 4.26. The van der Waals surface area contributed by atoms with Crippen LogP contribution in [0.1, 0.15) is 12.5 Å². The number of carbonyl (C=O) groups excluding carboxylic acids is 2. The van der Waals surface area contributed by atoms with E-state index in [9.17, 15) is 14.4 Å². The number of piperazine rings is 1. The van der Waals surface area contributed by atoms with Crippen LogP contribution in [0.4, 0.5) is 5.69 Å². The van der Waals surface area contributed by atoms with Crippen LogP contribution < -0.4 is 4.90 Å². The fourth-order valence-corrected chi connectivity index (χ4v) is 2.30. The van der Waals surface area contributed by atoms with Crippen molar-refractivity contribution in [3.63, 3.8) is 0 Å². The van der Waals surface area contributed by atoms with Gasteiger partial charge in [0.15, 0.2) is 0 Å². The quantitative estimate of drug-likeness (QED) is 0.888. The molecule has 0 saturated carbocycles. The molecule has 0 aromatic heterocycles. The molecule has 1 heterocycles. The van der Waals surface area contributed by atoms with Gasteiger partial charge in [0.05, 0.1) is 12.5 Å². The molecule has 6 heteroatoms. The van der Waals surface area contributed by atoms with Crippen molar-refractivity contribution in [1.29, 1.82) is 0 Å². The predicted molar refractivity (Wildman–Crippen MR) is 76.9 cm³/mol. The second-order valence-corrected chi connectivity index (χ2v) is 5.30. The molecule has 1 aromatic carbocycles. The second kappa shape index (κ2) is 5.95. The summed E-state index contributed by atoms with van der Waals surface area (Å²) in [6, 6.07) is 7.13. The van der Waals surface area contributed by atoms with Gasteiger partial charge in [-0.3, -0.25) is 14.4 Å². The maximum atomic E-state index is 12.1. The second-order valence-electron chi connectivity index (χ2n) is 5.30. The standard InChI is InChI=1S/C15H18N2O4/c1-10(15(20)21)7-11-5-3-4-6-12(11)17-9-13(18)16(2)8-14(17)19/h3-6,10H,7-9H2,1-2H3,(H,20,21). The summed E-state index contributed by atoms with van der Waals surface area (Å²) in [5.74, 6) is -1.72. The summed E-state index contributed by atoms with van der Waals surface area (Å²) in [6.07, 6.45) is 0.319. The first-order valence-electron chi connectivity index (χ1n) is 6.75. The molecule has 0 bridgehead atoms. The Morgan fingerprint density at radius 2 is 1.90 bits per heavy atom. The topological polar surface area (TPSA) is 77.9 Å². The van der Waals surface area contributed by atoms with Gasteiger partial charge in [0.1, 0.15) is 6.54 Å². The van der Waals surface area contributed by atoms with E-state index in [1.165, 1.54) is 9.80 Å². The van der Waals surface area contributed by atoms with E-state index in [0.717, 1.165) is 5.56 Å². The van der Waals surface area contributed by atoms with Crippen molar-refractivity contribution in [1.82, 2.24) is 4.90 Å². The SMILES string of the molecule is CC(Cc1ccccc1N1CC(=O)N(C)CC1=O)C(=O)O. The number of aliphatic carboxylic acids is 1. The molecule has 112 valence electrons. The molecular formula is C15H18N2O4. The summed E-state index contributed by atoms with van der Waals surface area (Å²) in [4.78, 5) is 37.8. The average Bonchev–Trinajstić information content (AvgIpc) is 2.43. The number of amides is 2.